The van der Waals surface area contributed by atoms with Crippen molar-refractivity contribution in [3.63, 3.8) is 0 Å². The number of benzene rings is 1. The summed E-state index contributed by atoms with van der Waals surface area (Å²) >= 11 is 5.86. The number of hydrogen-bond donors (Lipinski definition) is 2. The normalized spacial score (nSPS) is 17.2. The molecular weight excluding hydrogens is 380 g/mol. The molecule has 0 aromatic heterocycles. The van der Waals surface area contributed by atoms with E-state index in [1.807, 2.05) is 13.8 Å². The lowest BCUT2D eigenvalue weighted by atomic mass is 10.1. The molecule has 0 spiro atoms. The summed E-state index contributed by atoms with van der Waals surface area (Å²) in [6.45, 7) is 8.38. The number of carbonyl (C=O) groups excluding carboxylic acids is 2. The van der Waals surface area contributed by atoms with Gasteiger partial charge in [0.15, 0.2) is 0 Å². The van der Waals surface area contributed by atoms with E-state index in [0.717, 1.165) is 5.70 Å². The Hall–Kier alpha value is -2.11. The van der Waals surface area contributed by atoms with Crippen molar-refractivity contribution in [1.82, 2.24) is 10.6 Å². The third kappa shape index (κ3) is 7.13. The van der Waals surface area contributed by atoms with Gasteiger partial charge in [0.2, 0.25) is 0 Å². The molecule has 1 amide bonds. The lowest BCUT2D eigenvalue weighted by molar-refractivity contribution is -0.133. The third-order valence-electron chi connectivity index (χ3n) is 4.13. The molecule has 0 fully saturated rings. The summed E-state index contributed by atoms with van der Waals surface area (Å²) in [5.41, 5.74) is 0.0121. The molecule has 152 valence electrons. The molecule has 7 heteroatoms. The Morgan fingerprint density at radius 3 is 2.64 bits per heavy atom. The average Bonchev–Trinajstić information content (AvgIpc) is 2.61. The lowest BCUT2D eigenvalue weighted by Crippen LogP contribution is -2.44. The van der Waals surface area contributed by atoms with Crippen molar-refractivity contribution in [3.05, 3.63) is 52.8 Å². The number of ether oxygens (including phenoxy) is 2. The SMILES string of the molecule is CC(C)(C=C=O)OCC(C)(C)OC1CNC=C(NC(=O)c2ccc(Cl)cc2)C1. The Labute approximate surface area is 170 Å². The molecule has 1 heterocycles. The molecule has 6 nitrogen and oxygen atoms in total. The quantitative estimate of drug-likeness (QED) is 0.648. The molecule has 1 aliphatic rings. The summed E-state index contributed by atoms with van der Waals surface area (Å²) in [7, 11) is 0. The van der Waals surface area contributed by atoms with Crippen LogP contribution in [0.4, 0.5) is 0 Å². The highest BCUT2D eigenvalue weighted by Gasteiger charge is 2.29. The maximum Gasteiger partial charge on any atom is 0.255 e. The van der Waals surface area contributed by atoms with Crippen molar-refractivity contribution in [3.8, 4) is 0 Å². The van der Waals surface area contributed by atoms with E-state index < -0.39 is 11.2 Å². The molecule has 1 unspecified atom stereocenters. The molecule has 0 bridgehead atoms. The van der Waals surface area contributed by atoms with Crippen LogP contribution >= 0.6 is 11.6 Å². The molecule has 1 atom stereocenters. The molecule has 1 aliphatic heterocycles. The highest BCUT2D eigenvalue weighted by atomic mass is 35.5. The molecule has 0 radical (unpaired) electrons. The topological polar surface area (TPSA) is 76.7 Å². The molecule has 0 saturated carbocycles. The smallest absolute Gasteiger partial charge is 0.255 e. The van der Waals surface area contributed by atoms with Crippen LogP contribution in [0, 0.1) is 0 Å². The van der Waals surface area contributed by atoms with Gasteiger partial charge in [-0.2, -0.15) is 0 Å². The van der Waals surface area contributed by atoms with Crippen LogP contribution in [-0.4, -0.2) is 42.3 Å². The van der Waals surface area contributed by atoms with Crippen molar-refractivity contribution in [2.45, 2.75) is 51.4 Å². The Morgan fingerprint density at radius 1 is 1.32 bits per heavy atom. The van der Waals surface area contributed by atoms with E-state index in [4.69, 9.17) is 21.1 Å². The largest absolute Gasteiger partial charge is 0.387 e. The Bertz CT molecular complexity index is 765. The first kappa shape index (κ1) is 22.2. The van der Waals surface area contributed by atoms with Crippen molar-refractivity contribution < 1.29 is 19.1 Å². The van der Waals surface area contributed by atoms with Gasteiger partial charge in [-0.1, -0.05) is 11.6 Å². The first-order chi connectivity index (χ1) is 13.1. The maximum absolute atomic E-state index is 12.4. The van der Waals surface area contributed by atoms with Gasteiger partial charge in [-0.3, -0.25) is 4.79 Å². The average molecular weight is 407 g/mol. The first-order valence-electron chi connectivity index (χ1n) is 9.13. The summed E-state index contributed by atoms with van der Waals surface area (Å²) in [6, 6.07) is 6.72. The van der Waals surface area contributed by atoms with Crippen LogP contribution in [0.5, 0.6) is 0 Å². The highest BCUT2D eigenvalue weighted by Crippen LogP contribution is 2.22. The van der Waals surface area contributed by atoms with E-state index >= 15 is 0 Å². The zero-order valence-electron chi connectivity index (χ0n) is 16.7. The summed E-state index contributed by atoms with van der Waals surface area (Å²) in [6.07, 6.45) is 3.56. The number of carbonyl (C=O) groups is 1. The van der Waals surface area contributed by atoms with Crippen LogP contribution in [0.1, 0.15) is 44.5 Å². The fourth-order valence-corrected chi connectivity index (χ4v) is 2.83. The van der Waals surface area contributed by atoms with E-state index in [1.54, 1.807) is 50.3 Å². The predicted molar refractivity (Wildman–Crippen MR) is 109 cm³/mol. The summed E-state index contributed by atoms with van der Waals surface area (Å²) in [5, 5.41) is 6.63. The monoisotopic (exact) mass is 406 g/mol. The third-order valence-corrected chi connectivity index (χ3v) is 4.39. The van der Waals surface area contributed by atoms with Crippen LogP contribution in [0.3, 0.4) is 0 Å². The predicted octanol–water partition coefficient (Wildman–Crippen LogP) is 3.25. The summed E-state index contributed by atoms with van der Waals surface area (Å²) in [5.74, 6) is 1.56. The van der Waals surface area contributed by atoms with Gasteiger partial charge in [0.05, 0.1) is 23.9 Å². The minimum Gasteiger partial charge on any atom is -0.387 e. The molecular formula is C21H27ClN2O4. The van der Waals surface area contributed by atoms with Gasteiger partial charge >= 0.3 is 0 Å². The second kappa shape index (κ2) is 9.39. The van der Waals surface area contributed by atoms with Crippen molar-refractivity contribution in [2.75, 3.05) is 13.2 Å². The minimum atomic E-state index is -0.704. The highest BCUT2D eigenvalue weighted by molar-refractivity contribution is 6.30. The molecule has 2 N–H and O–H groups in total. The molecule has 28 heavy (non-hydrogen) atoms. The standard InChI is InChI=1S/C21H27ClN2O4/c1-20(2,9-10-25)27-14-21(3,4)28-18-11-17(12-23-13-18)24-19(26)15-5-7-16(22)8-6-15/h5-9,12,18,23H,11,13-14H2,1-4H3,(H,24,26). The fraction of sp³-hybridized carbons (Fsp3) is 0.476. The maximum atomic E-state index is 12.4. The van der Waals surface area contributed by atoms with Crippen LogP contribution < -0.4 is 10.6 Å². The zero-order valence-corrected chi connectivity index (χ0v) is 17.4. The number of halogens is 1. The number of rotatable bonds is 8. The van der Waals surface area contributed by atoms with E-state index in [9.17, 15) is 9.59 Å². The van der Waals surface area contributed by atoms with Crippen LogP contribution in [-0.2, 0) is 14.3 Å². The van der Waals surface area contributed by atoms with E-state index in [0.29, 0.717) is 30.2 Å². The van der Waals surface area contributed by atoms with Crippen molar-refractivity contribution in [2.24, 2.45) is 0 Å². The Morgan fingerprint density at radius 2 is 2.00 bits per heavy atom. The van der Waals surface area contributed by atoms with Crippen LogP contribution in [0.15, 0.2) is 42.2 Å². The van der Waals surface area contributed by atoms with Gasteiger partial charge in [-0.15, -0.1) is 0 Å². The van der Waals surface area contributed by atoms with Crippen LogP contribution in [0.2, 0.25) is 5.02 Å². The molecule has 1 aromatic rings. The van der Waals surface area contributed by atoms with Crippen molar-refractivity contribution in [1.29, 1.82) is 0 Å². The molecule has 0 aliphatic carbocycles. The molecule has 0 saturated heterocycles. The second-order valence-electron chi connectivity index (χ2n) is 7.90. The molecule has 1 aromatic carbocycles. The van der Waals surface area contributed by atoms with Gasteiger partial charge in [0.1, 0.15) is 5.94 Å². The molecule has 2 rings (SSSR count). The van der Waals surface area contributed by atoms with E-state index in [-0.39, 0.29) is 12.0 Å². The number of amides is 1. The first-order valence-corrected chi connectivity index (χ1v) is 9.51. The summed E-state index contributed by atoms with van der Waals surface area (Å²) in [4.78, 5) is 22.9. The van der Waals surface area contributed by atoms with E-state index in [1.165, 1.54) is 6.08 Å². The Kier molecular flexibility index (Phi) is 7.44. The van der Waals surface area contributed by atoms with Gasteiger partial charge in [-0.25, -0.2) is 4.79 Å². The summed E-state index contributed by atoms with van der Waals surface area (Å²) < 4.78 is 12.0. The van der Waals surface area contributed by atoms with E-state index in [2.05, 4.69) is 10.6 Å². The van der Waals surface area contributed by atoms with Crippen molar-refractivity contribution >= 4 is 23.4 Å². The lowest BCUT2D eigenvalue weighted by Gasteiger charge is -2.35. The van der Waals surface area contributed by atoms with Gasteiger partial charge in [0, 0.05) is 41.5 Å². The fourth-order valence-electron chi connectivity index (χ4n) is 2.71. The van der Waals surface area contributed by atoms with Crippen LogP contribution in [0.25, 0.3) is 0 Å². The second-order valence-corrected chi connectivity index (χ2v) is 8.33. The zero-order chi connectivity index (χ0) is 20.8. The number of hydrogen-bond acceptors (Lipinski definition) is 5. The van der Waals surface area contributed by atoms with Gasteiger partial charge in [0.25, 0.3) is 5.91 Å². The minimum absolute atomic E-state index is 0.131. The van der Waals surface area contributed by atoms with Gasteiger partial charge < -0.3 is 20.1 Å². The number of nitrogens with one attached hydrogen (secondary N) is 2. The van der Waals surface area contributed by atoms with Gasteiger partial charge in [-0.05, 0) is 52.0 Å². The Balaban J connectivity index is 1.89.